The number of aliphatic hydroxyl groups excluding tert-OH is 1. The molecule has 3 atom stereocenters. The van der Waals surface area contributed by atoms with Gasteiger partial charge in [0.05, 0.1) is 18.9 Å². The lowest BCUT2D eigenvalue weighted by atomic mass is 9.84. The summed E-state index contributed by atoms with van der Waals surface area (Å²) in [4.78, 5) is 4.80. The van der Waals surface area contributed by atoms with Crippen LogP contribution in [0.25, 0.3) is 5.69 Å². The highest BCUT2D eigenvalue weighted by Crippen LogP contribution is 2.33. The third-order valence-electron chi connectivity index (χ3n) is 5.58. The number of aliphatic hydroxyl groups is 1. The molecule has 7 heteroatoms. The van der Waals surface area contributed by atoms with Gasteiger partial charge in [0, 0.05) is 12.0 Å². The number of hydrogen-bond donors (Lipinski definition) is 2. The van der Waals surface area contributed by atoms with Crippen LogP contribution in [-0.4, -0.2) is 39.1 Å². The van der Waals surface area contributed by atoms with Crippen molar-refractivity contribution in [1.29, 1.82) is 0 Å². The van der Waals surface area contributed by atoms with Gasteiger partial charge in [-0.05, 0) is 56.0 Å². The first-order valence-electron chi connectivity index (χ1n) is 10.3. The second kappa shape index (κ2) is 8.85. The van der Waals surface area contributed by atoms with Gasteiger partial charge in [-0.2, -0.15) is 0 Å². The van der Waals surface area contributed by atoms with E-state index in [0.29, 0.717) is 23.7 Å². The predicted molar refractivity (Wildman–Crippen MR) is 114 cm³/mol. The summed E-state index contributed by atoms with van der Waals surface area (Å²) in [5.41, 5.74) is 8.10. The van der Waals surface area contributed by atoms with Crippen molar-refractivity contribution in [2.24, 2.45) is 5.73 Å². The Labute approximate surface area is 176 Å². The van der Waals surface area contributed by atoms with Crippen LogP contribution in [0.1, 0.15) is 42.4 Å². The van der Waals surface area contributed by atoms with E-state index in [4.69, 9.17) is 25.3 Å². The number of rotatable bonds is 6. The van der Waals surface area contributed by atoms with E-state index < -0.39 is 6.10 Å². The number of aryl methyl sites for hydroxylation is 1. The van der Waals surface area contributed by atoms with Crippen LogP contribution < -0.4 is 15.2 Å². The topological polar surface area (TPSA) is 95.4 Å². The molecule has 0 aliphatic heterocycles. The van der Waals surface area contributed by atoms with Gasteiger partial charge < -0.3 is 20.3 Å². The van der Waals surface area contributed by atoms with Crippen LogP contribution in [-0.2, 0) is 6.61 Å². The molecule has 4 rings (SSSR count). The molecule has 1 aliphatic carbocycles. The van der Waals surface area contributed by atoms with Gasteiger partial charge in [0.1, 0.15) is 12.4 Å². The Morgan fingerprint density at radius 1 is 1.13 bits per heavy atom. The molecule has 0 amide bonds. The van der Waals surface area contributed by atoms with Crippen LogP contribution in [0.4, 0.5) is 0 Å². The predicted octanol–water partition coefficient (Wildman–Crippen LogP) is 3.12. The second-order valence-corrected chi connectivity index (χ2v) is 7.82. The number of nitrogens with zero attached hydrogens (tertiary/aromatic N) is 3. The molecule has 1 fully saturated rings. The normalized spacial score (nSPS) is 21.4. The lowest BCUT2D eigenvalue weighted by Crippen LogP contribution is -2.40. The van der Waals surface area contributed by atoms with Crippen molar-refractivity contribution in [3.63, 3.8) is 0 Å². The molecule has 1 heterocycles. The fourth-order valence-corrected chi connectivity index (χ4v) is 3.93. The summed E-state index contributed by atoms with van der Waals surface area (Å²) in [7, 11) is 1.62. The van der Waals surface area contributed by atoms with E-state index in [1.165, 1.54) is 0 Å². The van der Waals surface area contributed by atoms with Crippen molar-refractivity contribution in [1.82, 2.24) is 14.8 Å². The SMILES string of the molecule is COc1ccccc1OCc1nc([C@H]2CC[C@@H](N)[C@H](O)C2)n(-c2cccc(C)c2)n1. The van der Waals surface area contributed by atoms with Gasteiger partial charge in [-0.15, -0.1) is 5.10 Å². The van der Waals surface area contributed by atoms with Gasteiger partial charge in [0.15, 0.2) is 17.3 Å². The number of ether oxygens (including phenoxy) is 2. The van der Waals surface area contributed by atoms with E-state index in [0.717, 1.165) is 29.9 Å². The fraction of sp³-hybridized carbons (Fsp3) is 0.391. The van der Waals surface area contributed by atoms with Crippen LogP contribution in [0.15, 0.2) is 48.5 Å². The van der Waals surface area contributed by atoms with E-state index in [-0.39, 0.29) is 18.6 Å². The highest BCUT2D eigenvalue weighted by Gasteiger charge is 2.31. The van der Waals surface area contributed by atoms with Crippen LogP contribution in [0.3, 0.4) is 0 Å². The standard InChI is InChI=1S/C23H28N4O3/c1-15-6-5-7-17(12-15)27-23(16-10-11-18(24)19(28)13-16)25-22(26-27)14-30-21-9-4-3-8-20(21)29-2/h3-9,12,16,18-19,28H,10-11,13-14,24H2,1-2H3/t16-,18+,19+/m0/s1. The van der Waals surface area contributed by atoms with Crippen LogP contribution >= 0.6 is 0 Å². The first-order chi connectivity index (χ1) is 14.5. The molecule has 30 heavy (non-hydrogen) atoms. The average Bonchev–Trinajstić information content (AvgIpc) is 3.19. The number of hydrogen-bond acceptors (Lipinski definition) is 6. The number of methoxy groups -OCH3 is 1. The van der Waals surface area contributed by atoms with E-state index in [9.17, 15) is 5.11 Å². The number of para-hydroxylation sites is 2. The Balaban J connectivity index is 1.63. The quantitative estimate of drug-likeness (QED) is 0.651. The molecular weight excluding hydrogens is 380 g/mol. The minimum atomic E-state index is -0.528. The van der Waals surface area contributed by atoms with Crippen molar-refractivity contribution in [2.75, 3.05) is 7.11 Å². The summed E-state index contributed by atoms with van der Waals surface area (Å²) in [6, 6.07) is 15.5. The van der Waals surface area contributed by atoms with Crippen LogP contribution in [0, 0.1) is 6.92 Å². The first kappa shape index (κ1) is 20.4. The summed E-state index contributed by atoms with van der Waals surface area (Å²) >= 11 is 0. The molecule has 0 radical (unpaired) electrons. The summed E-state index contributed by atoms with van der Waals surface area (Å²) in [5.74, 6) is 2.83. The van der Waals surface area contributed by atoms with Crippen LogP contribution in [0.2, 0.25) is 0 Å². The molecule has 3 N–H and O–H groups in total. The van der Waals surface area contributed by atoms with Crippen molar-refractivity contribution in [2.45, 2.75) is 50.9 Å². The molecule has 7 nitrogen and oxygen atoms in total. The molecule has 0 saturated heterocycles. The average molecular weight is 409 g/mol. The van der Waals surface area contributed by atoms with Crippen molar-refractivity contribution >= 4 is 0 Å². The minimum Gasteiger partial charge on any atom is -0.493 e. The van der Waals surface area contributed by atoms with Crippen molar-refractivity contribution in [3.05, 3.63) is 65.7 Å². The molecule has 0 bridgehead atoms. The third kappa shape index (κ3) is 4.32. The summed E-state index contributed by atoms with van der Waals surface area (Å²) in [6.07, 6.45) is 1.69. The zero-order chi connectivity index (χ0) is 21.1. The Morgan fingerprint density at radius 3 is 2.67 bits per heavy atom. The Bertz CT molecular complexity index is 1000. The molecule has 1 aromatic heterocycles. The fourth-order valence-electron chi connectivity index (χ4n) is 3.93. The van der Waals surface area contributed by atoms with Gasteiger partial charge in [0.25, 0.3) is 0 Å². The maximum absolute atomic E-state index is 10.3. The lowest BCUT2D eigenvalue weighted by molar-refractivity contribution is 0.0961. The van der Waals surface area contributed by atoms with E-state index in [1.54, 1.807) is 7.11 Å². The third-order valence-corrected chi connectivity index (χ3v) is 5.58. The largest absolute Gasteiger partial charge is 0.493 e. The maximum Gasteiger partial charge on any atom is 0.188 e. The zero-order valence-electron chi connectivity index (χ0n) is 17.4. The molecular formula is C23H28N4O3. The van der Waals surface area contributed by atoms with E-state index in [2.05, 4.69) is 19.1 Å². The molecule has 0 spiro atoms. The Morgan fingerprint density at radius 2 is 1.93 bits per heavy atom. The number of nitrogens with two attached hydrogens (primary N) is 1. The second-order valence-electron chi connectivity index (χ2n) is 7.82. The highest BCUT2D eigenvalue weighted by atomic mass is 16.5. The number of benzene rings is 2. The highest BCUT2D eigenvalue weighted by molar-refractivity contribution is 5.39. The molecule has 3 aromatic rings. The molecule has 1 aliphatic rings. The first-order valence-corrected chi connectivity index (χ1v) is 10.3. The summed E-state index contributed by atoms with van der Waals surface area (Å²) in [5, 5.41) is 15.0. The van der Waals surface area contributed by atoms with Gasteiger partial charge >= 0.3 is 0 Å². The molecule has 158 valence electrons. The molecule has 2 aromatic carbocycles. The maximum atomic E-state index is 10.3. The number of aromatic nitrogens is 3. The molecule has 1 saturated carbocycles. The Hall–Kier alpha value is -2.90. The monoisotopic (exact) mass is 408 g/mol. The van der Waals surface area contributed by atoms with Gasteiger partial charge in [0.2, 0.25) is 0 Å². The Kier molecular flexibility index (Phi) is 6.01. The lowest BCUT2D eigenvalue weighted by Gasteiger charge is -2.30. The zero-order valence-corrected chi connectivity index (χ0v) is 17.4. The van der Waals surface area contributed by atoms with E-state index >= 15 is 0 Å². The van der Waals surface area contributed by atoms with Crippen LogP contribution in [0.5, 0.6) is 11.5 Å². The molecule has 0 unspecified atom stereocenters. The summed E-state index contributed by atoms with van der Waals surface area (Å²) < 4.78 is 13.2. The van der Waals surface area contributed by atoms with Gasteiger partial charge in [-0.1, -0.05) is 24.3 Å². The summed E-state index contributed by atoms with van der Waals surface area (Å²) in [6.45, 7) is 2.27. The van der Waals surface area contributed by atoms with Crippen molar-refractivity contribution in [3.8, 4) is 17.2 Å². The van der Waals surface area contributed by atoms with Gasteiger partial charge in [-0.3, -0.25) is 0 Å². The van der Waals surface area contributed by atoms with E-state index in [1.807, 2.05) is 41.1 Å². The van der Waals surface area contributed by atoms with Crippen molar-refractivity contribution < 1.29 is 14.6 Å². The minimum absolute atomic E-state index is 0.0906. The smallest absolute Gasteiger partial charge is 0.188 e. The van der Waals surface area contributed by atoms with Gasteiger partial charge in [-0.25, -0.2) is 9.67 Å².